The van der Waals surface area contributed by atoms with E-state index in [0.717, 1.165) is 25.7 Å². The van der Waals surface area contributed by atoms with Gasteiger partial charge in [0.25, 0.3) is 0 Å². The van der Waals surface area contributed by atoms with Crippen LogP contribution in [-0.2, 0) is 0 Å². The van der Waals surface area contributed by atoms with E-state index in [-0.39, 0.29) is 6.10 Å². The summed E-state index contributed by atoms with van der Waals surface area (Å²) in [5.41, 5.74) is 0.506. The Hall–Kier alpha value is -1.24. The van der Waals surface area contributed by atoms with Crippen molar-refractivity contribution in [2.24, 2.45) is 0 Å². The summed E-state index contributed by atoms with van der Waals surface area (Å²) < 4.78 is 5.71. The Balaban J connectivity index is 2.10. The largest absolute Gasteiger partial charge is 0.486 e. The lowest BCUT2D eigenvalue weighted by molar-refractivity contribution is 0.00693. The van der Waals surface area contributed by atoms with E-state index in [1.807, 2.05) is 6.07 Å². The third-order valence-corrected chi connectivity index (χ3v) is 3.30. The quantitative estimate of drug-likeness (QED) is 0.879. The summed E-state index contributed by atoms with van der Waals surface area (Å²) >= 11 is 6.02. The molecule has 90 valence electrons. The van der Waals surface area contributed by atoms with Gasteiger partial charge in [0.1, 0.15) is 11.9 Å². The molecular formula is C13H14ClNO2. The van der Waals surface area contributed by atoms with Gasteiger partial charge in [-0.25, -0.2) is 0 Å². The van der Waals surface area contributed by atoms with Gasteiger partial charge in [-0.1, -0.05) is 18.0 Å². The maximum absolute atomic E-state index is 9.80. The highest BCUT2D eigenvalue weighted by atomic mass is 35.5. The normalized spacial score (nSPS) is 24.1. The van der Waals surface area contributed by atoms with Crippen molar-refractivity contribution in [1.82, 2.24) is 0 Å². The summed E-state index contributed by atoms with van der Waals surface area (Å²) in [7, 11) is 0. The van der Waals surface area contributed by atoms with Gasteiger partial charge in [0, 0.05) is 0 Å². The number of hydrogen-bond donors (Lipinski definition) is 1. The molecule has 0 saturated heterocycles. The van der Waals surface area contributed by atoms with Gasteiger partial charge in [0.2, 0.25) is 0 Å². The number of nitriles is 1. The lowest BCUT2D eigenvalue weighted by Crippen LogP contribution is -2.34. The Morgan fingerprint density at radius 2 is 2.12 bits per heavy atom. The van der Waals surface area contributed by atoms with E-state index in [1.54, 1.807) is 18.2 Å². The lowest BCUT2D eigenvalue weighted by Gasteiger charge is -2.28. The number of rotatable bonds is 2. The second-order valence-corrected chi connectivity index (χ2v) is 4.67. The van der Waals surface area contributed by atoms with Crippen LogP contribution < -0.4 is 4.74 Å². The Labute approximate surface area is 106 Å². The summed E-state index contributed by atoms with van der Waals surface area (Å²) in [5, 5.41) is 18.9. The van der Waals surface area contributed by atoms with E-state index in [0.29, 0.717) is 16.3 Å². The minimum atomic E-state index is -0.421. The molecule has 1 fully saturated rings. The zero-order valence-electron chi connectivity index (χ0n) is 9.40. The molecule has 2 atom stereocenters. The number of nitrogens with zero attached hydrogens (tertiary/aromatic N) is 1. The van der Waals surface area contributed by atoms with E-state index in [1.165, 1.54) is 0 Å². The van der Waals surface area contributed by atoms with E-state index in [9.17, 15) is 5.11 Å². The zero-order chi connectivity index (χ0) is 12.3. The zero-order valence-corrected chi connectivity index (χ0v) is 10.2. The second-order valence-electron chi connectivity index (χ2n) is 4.27. The van der Waals surface area contributed by atoms with Gasteiger partial charge >= 0.3 is 0 Å². The first kappa shape index (κ1) is 12.2. The highest BCUT2D eigenvalue weighted by Gasteiger charge is 2.25. The van der Waals surface area contributed by atoms with Crippen LogP contribution in [0.25, 0.3) is 0 Å². The van der Waals surface area contributed by atoms with Gasteiger partial charge in [0.15, 0.2) is 0 Å². The van der Waals surface area contributed by atoms with Gasteiger partial charge in [0.05, 0.1) is 22.8 Å². The standard InChI is InChI=1S/C13H14ClNO2/c14-10-7-9(8-15)5-6-12(10)17-13-4-2-1-3-11(13)16/h5-7,11,13,16H,1-4H2/t11-,13+/m1/s1. The summed E-state index contributed by atoms with van der Waals surface area (Å²) in [6.07, 6.45) is 3.12. The molecule has 4 heteroatoms. The molecule has 0 aromatic heterocycles. The minimum Gasteiger partial charge on any atom is -0.486 e. The van der Waals surface area contributed by atoms with Crippen molar-refractivity contribution in [3.05, 3.63) is 28.8 Å². The summed E-state index contributed by atoms with van der Waals surface area (Å²) in [4.78, 5) is 0. The molecule has 0 spiro atoms. The van der Waals surface area contributed by atoms with Crippen LogP contribution in [0, 0.1) is 11.3 Å². The number of aliphatic hydroxyl groups excluding tert-OH is 1. The minimum absolute atomic E-state index is 0.186. The van der Waals surface area contributed by atoms with Gasteiger partial charge < -0.3 is 9.84 Å². The number of halogens is 1. The van der Waals surface area contributed by atoms with Crippen LogP contribution in [0.5, 0.6) is 5.75 Å². The van der Waals surface area contributed by atoms with Crippen molar-refractivity contribution in [2.75, 3.05) is 0 Å². The van der Waals surface area contributed by atoms with Gasteiger partial charge in [-0.15, -0.1) is 0 Å². The predicted molar refractivity (Wildman–Crippen MR) is 65.1 cm³/mol. The average Bonchev–Trinajstić information content (AvgIpc) is 2.34. The summed E-state index contributed by atoms with van der Waals surface area (Å²) in [6.45, 7) is 0. The average molecular weight is 252 g/mol. The van der Waals surface area contributed by atoms with Gasteiger partial charge in [-0.05, 0) is 37.5 Å². The van der Waals surface area contributed by atoms with Gasteiger partial charge in [-0.3, -0.25) is 0 Å². The van der Waals surface area contributed by atoms with E-state index in [2.05, 4.69) is 0 Å². The van der Waals surface area contributed by atoms with Crippen molar-refractivity contribution in [3.63, 3.8) is 0 Å². The topological polar surface area (TPSA) is 53.2 Å². The molecule has 1 saturated carbocycles. The molecule has 3 nitrogen and oxygen atoms in total. The van der Waals surface area contributed by atoms with Crippen LogP contribution >= 0.6 is 11.6 Å². The lowest BCUT2D eigenvalue weighted by atomic mass is 9.95. The fourth-order valence-corrected chi connectivity index (χ4v) is 2.27. The molecule has 1 aromatic rings. The SMILES string of the molecule is N#Cc1ccc(O[C@H]2CCCC[C@H]2O)c(Cl)c1. The second kappa shape index (κ2) is 5.39. The molecule has 0 radical (unpaired) electrons. The third kappa shape index (κ3) is 2.91. The molecule has 0 heterocycles. The smallest absolute Gasteiger partial charge is 0.138 e. The number of ether oxygens (including phenoxy) is 1. The predicted octanol–water partition coefficient (Wildman–Crippen LogP) is 2.89. The number of aliphatic hydroxyl groups is 1. The Kier molecular flexibility index (Phi) is 3.88. The molecule has 1 aliphatic rings. The Bertz CT molecular complexity index is 442. The molecule has 1 aromatic carbocycles. The van der Waals surface area contributed by atoms with Crippen LogP contribution in [0.4, 0.5) is 0 Å². The summed E-state index contributed by atoms with van der Waals surface area (Å²) in [6, 6.07) is 6.94. The Morgan fingerprint density at radius 1 is 1.35 bits per heavy atom. The molecule has 2 rings (SSSR count). The molecule has 1 N–H and O–H groups in total. The highest BCUT2D eigenvalue weighted by Crippen LogP contribution is 2.29. The van der Waals surface area contributed by atoms with E-state index >= 15 is 0 Å². The molecule has 1 aliphatic carbocycles. The van der Waals surface area contributed by atoms with Crippen LogP contribution in [-0.4, -0.2) is 17.3 Å². The van der Waals surface area contributed by atoms with Crippen molar-refractivity contribution >= 4 is 11.6 Å². The summed E-state index contributed by atoms with van der Waals surface area (Å²) in [5.74, 6) is 0.539. The van der Waals surface area contributed by atoms with Crippen LogP contribution in [0.2, 0.25) is 5.02 Å². The first-order valence-corrected chi connectivity index (χ1v) is 6.13. The maximum Gasteiger partial charge on any atom is 0.138 e. The van der Waals surface area contributed by atoms with Crippen molar-refractivity contribution in [2.45, 2.75) is 37.9 Å². The van der Waals surface area contributed by atoms with Crippen LogP contribution in [0.3, 0.4) is 0 Å². The van der Waals surface area contributed by atoms with E-state index in [4.69, 9.17) is 21.6 Å². The highest BCUT2D eigenvalue weighted by molar-refractivity contribution is 6.32. The molecule has 17 heavy (non-hydrogen) atoms. The molecule has 0 amide bonds. The Morgan fingerprint density at radius 3 is 2.76 bits per heavy atom. The van der Waals surface area contributed by atoms with Crippen LogP contribution in [0.1, 0.15) is 31.2 Å². The molecular weight excluding hydrogens is 238 g/mol. The van der Waals surface area contributed by atoms with Crippen molar-refractivity contribution in [3.8, 4) is 11.8 Å². The van der Waals surface area contributed by atoms with Crippen LogP contribution in [0.15, 0.2) is 18.2 Å². The van der Waals surface area contributed by atoms with Crippen molar-refractivity contribution < 1.29 is 9.84 Å². The van der Waals surface area contributed by atoms with E-state index < -0.39 is 6.10 Å². The van der Waals surface area contributed by atoms with Crippen molar-refractivity contribution in [1.29, 1.82) is 5.26 Å². The number of benzene rings is 1. The first-order valence-electron chi connectivity index (χ1n) is 5.75. The number of hydrogen-bond acceptors (Lipinski definition) is 3. The molecule has 0 bridgehead atoms. The molecule has 0 aliphatic heterocycles. The van der Waals surface area contributed by atoms with Gasteiger partial charge in [-0.2, -0.15) is 5.26 Å². The monoisotopic (exact) mass is 251 g/mol. The maximum atomic E-state index is 9.80. The fourth-order valence-electron chi connectivity index (χ4n) is 2.04. The fraction of sp³-hybridized carbons (Fsp3) is 0.462. The third-order valence-electron chi connectivity index (χ3n) is 3.01. The molecule has 0 unspecified atom stereocenters. The first-order chi connectivity index (χ1) is 8.20.